The van der Waals surface area contributed by atoms with Gasteiger partial charge in [-0.15, -0.1) is 10.2 Å². The van der Waals surface area contributed by atoms with E-state index in [2.05, 4.69) is 15.5 Å². The summed E-state index contributed by atoms with van der Waals surface area (Å²) in [6.07, 6.45) is 3.30. The van der Waals surface area contributed by atoms with E-state index in [1.54, 1.807) is 10.9 Å². The first-order chi connectivity index (χ1) is 7.63. The SMILES string of the molecule is CCn1cnnc1CNC(=O)/C=C/C(=O)O. The number of hydrogen-bond acceptors (Lipinski definition) is 4. The first kappa shape index (κ1) is 11.9. The summed E-state index contributed by atoms with van der Waals surface area (Å²) in [5.74, 6) is -1.01. The third-order valence-electron chi connectivity index (χ3n) is 1.83. The highest BCUT2D eigenvalue weighted by Crippen LogP contribution is 1.93. The number of hydrogen-bond donors (Lipinski definition) is 2. The Morgan fingerprint density at radius 3 is 2.94 bits per heavy atom. The number of nitrogens with zero attached hydrogens (tertiary/aromatic N) is 3. The zero-order valence-corrected chi connectivity index (χ0v) is 8.75. The Kier molecular flexibility index (Phi) is 4.19. The molecule has 16 heavy (non-hydrogen) atoms. The molecule has 0 unspecified atom stereocenters. The molecule has 1 rings (SSSR count). The third-order valence-corrected chi connectivity index (χ3v) is 1.83. The lowest BCUT2D eigenvalue weighted by Crippen LogP contribution is -2.22. The number of aryl methyl sites for hydroxylation is 1. The number of rotatable bonds is 5. The van der Waals surface area contributed by atoms with Crippen LogP contribution in [0, 0.1) is 0 Å². The van der Waals surface area contributed by atoms with Crippen molar-refractivity contribution in [3.63, 3.8) is 0 Å². The lowest BCUT2D eigenvalue weighted by Gasteiger charge is -2.03. The Balaban J connectivity index is 2.46. The minimum absolute atomic E-state index is 0.219. The topological polar surface area (TPSA) is 97.1 Å². The van der Waals surface area contributed by atoms with Crippen LogP contribution in [0.2, 0.25) is 0 Å². The molecule has 1 aromatic heterocycles. The number of aliphatic carboxylic acids is 1. The van der Waals surface area contributed by atoms with Crippen molar-refractivity contribution < 1.29 is 14.7 Å². The molecule has 7 nitrogen and oxygen atoms in total. The molecular weight excluding hydrogens is 212 g/mol. The van der Waals surface area contributed by atoms with Gasteiger partial charge < -0.3 is 15.0 Å². The molecule has 0 aromatic carbocycles. The monoisotopic (exact) mass is 224 g/mol. The molecule has 2 N–H and O–H groups in total. The van der Waals surface area contributed by atoms with E-state index in [0.29, 0.717) is 12.4 Å². The summed E-state index contributed by atoms with van der Waals surface area (Å²) in [7, 11) is 0. The number of carboxylic acid groups (broad SMARTS) is 1. The summed E-state index contributed by atoms with van der Waals surface area (Å²) in [6.45, 7) is 2.86. The fraction of sp³-hybridized carbons (Fsp3) is 0.333. The van der Waals surface area contributed by atoms with Gasteiger partial charge >= 0.3 is 5.97 Å². The van der Waals surface area contributed by atoms with Crippen LogP contribution in [-0.2, 0) is 22.7 Å². The first-order valence-electron chi connectivity index (χ1n) is 4.69. The van der Waals surface area contributed by atoms with Crippen LogP contribution in [-0.4, -0.2) is 31.7 Å². The highest BCUT2D eigenvalue weighted by molar-refractivity contribution is 5.93. The summed E-state index contributed by atoms with van der Waals surface area (Å²) in [4.78, 5) is 21.3. The summed E-state index contributed by atoms with van der Waals surface area (Å²) in [6, 6.07) is 0. The molecule has 86 valence electrons. The van der Waals surface area contributed by atoms with Gasteiger partial charge in [0.2, 0.25) is 5.91 Å². The molecule has 0 aliphatic heterocycles. The van der Waals surface area contributed by atoms with Crippen molar-refractivity contribution in [3.8, 4) is 0 Å². The molecule has 0 saturated heterocycles. The van der Waals surface area contributed by atoms with Crippen LogP contribution in [0.3, 0.4) is 0 Å². The zero-order chi connectivity index (χ0) is 12.0. The largest absolute Gasteiger partial charge is 0.478 e. The summed E-state index contributed by atoms with van der Waals surface area (Å²) < 4.78 is 1.78. The average molecular weight is 224 g/mol. The lowest BCUT2D eigenvalue weighted by molar-refractivity contribution is -0.131. The molecule has 0 fully saturated rings. The molecule has 0 radical (unpaired) electrons. The van der Waals surface area contributed by atoms with E-state index in [-0.39, 0.29) is 6.54 Å². The molecule has 0 aliphatic carbocycles. The van der Waals surface area contributed by atoms with Crippen LogP contribution in [0.1, 0.15) is 12.7 Å². The smallest absolute Gasteiger partial charge is 0.328 e. The molecule has 0 atom stereocenters. The van der Waals surface area contributed by atoms with Gasteiger partial charge in [-0.2, -0.15) is 0 Å². The lowest BCUT2D eigenvalue weighted by atomic mass is 10.4. The van der Waals surface area contributed by atoms with Crippen molar-refractivity contribution in [2.75, 3.05) is 0 Å². The Morgan fingerprint density at radius 1 is 1.56 bits per heavy atom. The fourth-order valence-electron chi connectivity index (χ4n) is 1.05. The number of nitrogens with one attached hydrogen (secondary N) is 1. The van der Waals surface area contributed by atoms with E-state index in [9.17, 15) is 9.59 Å². The van der Waals surface area contributed by atoms with Crippen LogP contribution in [0.15, 0.2) is 18.5 Å². The number of carbonyl (C=O) groups is 2. The second-order valence-electron chi connectivity index (χ2n) is 2.92. The fourth-order valence-corrected chi connectivity index (χ4v) is 1.05. The zero-order valence-electron chi connectivity index (χ0n) is 8.75. The average Bonchev–Trinajstić information content (AvgIpc) is 2.70. The minimum Gasteiger partial charge on any atom is -0.478 e. The molecule has 1 aromatic rings. The van der Waals surface area contributed by atoms with Crippen molar-refractivity contribution in [2.45, 2.75) is 20.0 Å². The second-order valence-corrected chi connectivity index (χ2v) is 2.92. The Labute approximate surface area is 91.8 Å². The van der Waals surface area contributed by atoms with Gasteiger partial charge in [0.05, 0.1) is 6.54 Å². The second kappa shape index (κ2) is 5.64. The molecular formula is C9H12N4O3. The standard InChI is InChI=1S/C9H12N4O3/c1-2-13-6-11-12-7(13)5-10-8(14)3-4-9(15)16/h3-4,6H,2,5H2,1H3,(H,10,14)(H,15,16)/b4-3+. The van der Waals surface area contributed by atoms with E-state index >= 15 is 0 Å². The van der Waals surface area contributed by atoms with E-state index < -0.39 is 11.9 Å². The minimum atomic E-state index is -1.16. The van der Waals surface area contributed by atoms with E-state index in [4.69, 9.17) is 5.11 Å². The number of aromatic nitrogens is 3. The number of amides is 1. The van der Waals surface area contributed by atoms with Crippen LogP contribution < -0.4 is 5.32 Å². The Hall–Kier alpha value is -2.18. The quantitative estimate of drug-likeness (QED) is 0.660. The molecule has 0 aliphatic rings. The summed E-state index contributed by atoms with van der Waals surface area (Å²) in [5, 5.41) is 18.3. The van der Waals surface area contributed by atoms with E-state index in [1.165, 1.54) is 0 Å². The van der Waals surface area contributed by atoms with Gasteiger partial charge in [-0.25, -0.2) is 4.79 Å². The number of carbonyl (C=O) groups excluding carboxylic acids is 1. The maximum Gasteiger partial charge on any atom is 0.328 e. The van der Waals surface area contributed by atoms with Gasteiger partial charge in [0.25, 0.3) is 0 Å². The first-order valence-corrected chi connectivity index (χ1v) is 4.69. The van der Waals surface area contributed by atoms with Gasteiger partial charge in [0, 0.05) is 18.7 Å². The van der Waals surface area contributed by atoms with E-state index in [0.717, 1.165) is 12.2 Å². The highest BCUT2D eigenvalue weighted by atomic mass is 16.4. The normalized spacial score (nSPS) is 10.6. The van der Waals surface area contributed by atoms with Gasteiger partial charge in [0.1, 0.15) is 6.33 Å². The van der Waals surface area contributed by atoms with Crippen LogP contribution >= 0.6 is 0 Å². The maximum absolute atomic E-state index is 11.1. The van der Waals surface area contributed by atoms with Gasteiger partial charge in [-0.05, 0) is 6.92 Å². The van der Waals surface area contributed by atoms with Crippen molar-refractivity contribution in [1.82, 2.24) is 20.1 Å². The van der Waals surface area contributed by atoms with Crippen LogP contribution in [0.4, 0.5) is 0 Å². The highest BCUT2D eigenvalue weighted by Gasteiger charge is 2.03. The van der Waals surface area contributed by atoms with Gasteiger partial charge in [-0.1, -0.05) is 0 Å². The van der Waals surface area contributed by atoms with Crippen molar-refractivity contribution in [1.29, 1.82) is 0 Å². The molecule has 0 bridgehead atoms. The molecule has 7 heteroatoms. The molecule has 1 amide bonds. The van der Waals surface area contributed by atoms with Crippen LogP contribution in [0.25, 0.3) is 0 Å². The Morgan fingerprint density at radius 2 is 2.31 bits per heavy atom. The summed E-state index contributed by atoms with van der Waals surface area (Å²) in [5.41, 5.74) is 0. The van der Waals surface area contributed by atoms with Crippen LogP contribution in [0.5, 0.6) is 0 Å². The predicted octanol–water partition coefficient (Wildman–Crippen LogP) is -0.445. The summed E-state index contributed by atoms with van der Waals surface area (Å²) >= 11 is 0. The Bertz CT molecular complexity index is 411. The van der Waals surface area contributed by atoms with Crippen molar-refractivity contribution >= 4 is 11.9 Å². The van der Waals surface area contributed by atoms with E-state index in [1.807, 2.05) is 6.92 Å². The molecule has 0 saturated carbocycles. The van der Waals surface area contributed by atoms with Gasteiger partial charge in [-0.3, -0.25) is 4.79 Å². The maximum atomic E-state index is 11.1. The predicted molar refractivity (Wildman–Crippen MR) is 54.3 cm³/mol. The van der Waals surface area contributed by atoms with Crippen molar-refractivity contribution in [3.05, 3.63) is 24.3 Å². The van der Waals surface area contributed by atoms with Gasteiger partial charge in [0.15, 0.2) is 5.82 Å². The molecule has 1 heterocycles. The number of carboxylic acids is 1. The molecule has 0 spiro atoms. The third kappa shape index (κ3) is 3.52. The van der Waals surface area contributed by atoms with Crippen molar-refractivity contribution in [2.24, 2.45) is 0 Å².